The first-order chi connectivity index (χ1) is 11.6. The monoisotopic (exact) mass is 356 g/mol. The van der Waals surface area contributed by atoms with E-state index in [2.05, 4.69) is 15.1 Å². The van der Waals surface area contributed by atoms with Gasteiger partial charge in [0.15, 0.2) is 0 Å². The lowest BCUT2D eigenvalue weighted by molar-refractivity contribution is 0.119. The van der Waals surface area contributed by atoms with Crippen LogP contribution in [-0.2, 0) is 6.54 Å². The van der Waals surface area contributed by atoms with E-state index in [1.807, 2.05) is 9.80 Å². The number of anilines is 2. The van der Waals surface area contributed by atoms with E-state index in [0.717, 1.165) is 0 Å². The van der Waals surface area contributed by atoms with Gasteiger partial charge in [0.05, 0.1) is 11.9 Å². The van der Waals surface area contributed by atoms with E-state index >= 15 is 0 Å². The van der Waals surface area contributed by atoms with E-state index in [9.17, 15) is 13.6 Å². The molecule has 3 rings (SSSR count). The molecule has 1 aliphatic heterocycles. The number of hydrogen-bond donors (Lipinski definition) is 0. The van der Waals surface area contributed by atoms with Crippen LogP contribution in [0.2, 0.25) is 5.02 Å². The molecule has 0 spiro atoms. The molecule has 10 heteroatoms. The van der Waals surface area contributed by atoms with Crippen LogP contribution >= 0.6 is 11.6 Å². The lowest BCUT2D eigenvalue weighted by atomic mass is 10.3. The van der Waals surface area contributed by atoms with E-state index in [4.69, 9.17) is 11.6 Å². The normalized spacial score (nSPS) is 15.2. The second kappa shape index (κ2) is 7.08. The summed E-state index contributed by atoms with van der Waals surface area (Å²) in [5.41, 5.74) is -0.246. The maximum Gasteiger partial charge on any atom is 0.287 e. The molecular weight excluding hydrogens is 342 g/mol. The van der Waals surface area contributed by atoms with Crippen LogP contribution in [0.15, 0.2) is 29.5 Å². The molecule has 1 aliphatic rings. The number of nitrogens with zero attached hydrogens (tertiary/aromatic N) is 6. The summed E-state index contributed by atoms with van der Waals surface area (Å²) in [6.07, 6.45) is 2.06. The summed E-state index contributed by atoms with van der Waals surface area (Å²) < 4.78 is 25.5. The van der Waals surface area contributed by atoms with Crippen LogP contribution in [0.4, 0.5) is 20.4 Å². The fourth-order valence-electron chi connectivity index (χ4n) is 2.54. The van der Waals surface area contributed by atoms with Crippen LogP contribution in [0.3, 0.4) is 0 Å². The van der Waals surface area contributed by atoms with Crippen LogP contribution < -0.4 is 15.4 Å². The molecule has 0 unspecified atom stereocenters. The summed E-state index contributed by atoms with van der Waals surface area (Å²) in [5, 5.41) is 3.70. The van der Waals surface area contributed by atoms with Crippen molar-refractivity contribution in [2.24, 2.45) is 0 Å². The van der Waals surface area contributed by atoms with E-state index in [1.165, 1.54) is 6.20 Å². The molecule has 0 saturated carbocycles. The predicted molar refractivity (Wildman–Crippen MR) is 86.0 cm³/mol. The maximum atomic E-state index is 12.4. The topological polar surface area (TPSA) is 67.2 Å². The van der Waals surface area contributed by atoms with Crippen molar-refractivity contribution in [3.8, 4) is 0 Å². The highest BCUT2D eigenvalue weighted by atomic mass is 35.5. The Kier molecular flexibility index (Phi) is 4.89. The summed E-state index contributed by atoms with van der Waals surface area (Å²) in [4.78, 5) is 24.4. The third-order valence-electron chi connectivity index (χ3n) is 3.73. The molecule has 0 atom stereocenters. The van der Waals surface area contributed by atoms with Crippen LogP contribution in [0.1, 0.15) is 0 Å². The van der Waals surface area contributed by atoms with Crippen molar-refractivity contribution < 1.29 is 8.78 Å². The Bertz CT molecular complexity index is 749. The Morgan fingerprint density at radius 2 is 1.75 bits per heavy atom. The fraction of sp³-hybridized carbons (Fsp3) is 0.429. The Morgan fingerprint density at radius 3 is 2.38 bits per heavy atom. The zero-order chi connectivity index (χ0) is 17.1. The second-order valence-electron chi connectivity index (χ2n) is 5.25. The molecule has 2 aromatic rings. The Hall–Kier alpha value is -2.29. The van der Waals surface area contributed by atoms with Gasteiger partial charge < -0.3 is 9.80 Å². The van der Waals surface area contributed by atoms with E-state index < -0.39 is 18.5 Å². The van der Waals surface area contributed by atoms with Crippen molar-refractivity contribution in [1.82, 2.24) is 19.7 Å². The van der Waals surface area contributed by atoms with Crippen molar-refractivity contribution in [2.45, 2.75) is 13.0 Å². The summed E-state index contributed by atoms with van der Waals surface area (Å²) in [5.74, 6) is 0.647. The number of aromatic nitrogens is 4. The average molecular weight is 357 g/mol. The highest BCUT2D eigenvalue weighted by molar-refractivity contribution is 6.33. The quantitative estimate of drug-likeness (QED) is 0.822. The second-order valence-corrected chi connectivity index (χ2v) is 5.62. The summed E-state index contributed by atoms with van der Waals surface area (Å²) in [6, 6.07) is 1.75. The molecule has 3 heterocycles. The van der Waals surface area contributed by atoms with Gasteiger partial charge in [-0.1, -0.05) is 11.6 Å². The highest BCUT2D eigenvalue weighted by Gasteiger charge is 2.22. The van der Waals surface area contributed by atoms with Gasteiger partial charge in [-0.2, -0.15) is 5.10 Å². The summed E-state index contributed by atoms with van der Waals surface area (Å²) >= 11 is 6.07. The third-order valence-corrected chi connectivity index (χ3v) is 4.09. The maximum absolute atomic E-state index is 12.4. The molecule has 0 radical (unpaired) electrons. The Labute approximate surface area is 141 Å². The molecule has 0 bridgehead atoms. The van der Waals surface area contributed by atoms with Gasteiger partial charge >= 0.3 is 0 Å². The van der Waals surface area contributed by atoms with Gasteiger partial charge in [0.1, 0.15) is 11.6 Å². The minimum Gasteiger partial charge on any atom is -0.365 e. The third kappa shape index (κ3) is 3.45. The number of rotatable bonds is 4. The van der Waals surface area contributed by atoms with Crippen LogP contribution in [0.25, 0.3) is 0 Å². The Morgan fingerprint density at radius 1 is 1.12 bits per heavy atom. The molecule has 1 fully saturated rings. The van der Waals surface area contributed by atoms with E-state index in [0.29, 0.717) is 42.5 Å². The van der Waals surface area contributed by atoms with Crippen molar-refractivity contribution >= 4 is 23.2 Å². The number of hydrogen-bond acceptors (Lipinski definition) is 6. The van der Waals surface area contributed by atoms with Crippen molar-refractivity contribution in [2.75, 3.05) is 36.0 Å². The first-order valence-electron chi connectivity index (χ1n) is 7.37. The van der Waals surface area contributed by atoms with Gasteiger partial charge in [-0.05, 0) is 6.07 Å². The van der Waals surface area contributed by atoms with Gasteiger partial charge in [0.25, 0.3) is 12.0 Å². The van der Waals surface area contributed by atoms with Gasteiger partial charge in [0, 0.05) is 38.6 Å². The molecule has 2 aromatic heterocycles. The standard InChI is InChI=1S/C14H15ClF2N6O/c15-12-10(8-20-23(13(12)24)9-11(16)17)21-4-6-22(7-5-21)14-18-2-1-3-19-14/h1-3,8,11H,4-7,9H2. The molecule has 0 N–H and O–H groups in total. The zero-order valence-corrected chi connectivity index (χ0v) is 13.4. The first kappa shape index (κ1) is 16.6. The van der Waals surface area contributed by atoms with Gasteiger partial charge in [-0.3, -0.25) is 4.79 Å². The first-order valence-corrected chi connectivity index (χ1v) is 7.74. The van der Waals surface area contributed by atoms with Gasteiger partial charge in [-0.25, -0.2) is 23.4 Å². The number of alkyl halides is 2. The van der Waals surface area contributed by atoms with Crippen LogP contribution in [-0.4, -0.2) is 52.4 Å². The summed E-state index contributed by atoms with van der Waals surface area (Å²) in [6.45, 7) is 1.73. The minimum atomic E-state index is -2.66. The van der Waals surface area contributed by atoms with Crippen molar-refractivity contribution in [3.05, 3.63) is 40.0 Å². The summed E-state index contributed by atoms with van der Waals surface area (Å²) in [7, 11) is 0. The molecule has 128 valence electrons. The Balaban J connectivity index is 1.73. The average Bonchev–Trinajstić information content (AvgIpc) is 2.60. The lowest BCUT2D eigenvalue weighted by Crippen LogP contribution is -2.47. The SMILES string of the molecule is O=c1c(Cl)c(N2CCN(c3ncccn3)CC2)cnn1CC(F)F. The van der Waals surface area contributed by atoms with Crippen LogP contribution in [0.5, 0.6) is 0 Å². The fourth-order valence-corrected chi connectivity index (χ4v) is 2.81. The largest absolute Gasteiger partial charge is 0.365 e. The van der Waals surface area contributed by atoms with Gasteiger partial charge in [0.2, 0.25) is 5.95 Å². The highest BCUT2D eigenvalue weighted by Crippen LogP contribution is 2.23. The lowest BCUT2D eigenvalue weighted by Gasteiger charge is -2.36. The molecule has 0 aromatic carbocycles. The van der Waals surface area contributed by atoms with Crippen LogP contribution in [0, 0.1) is 0 Å². The van der Waals surface area contributed by atoms with Gasteiger partial charge in [-0.15, -0.1) is 0 Å². The number of halogens is 3. The number of piperazine rings is 1. The zero-order valence-electron chi connectivity index (χ0n) is 12.6. The van der Waals surface area contributed by atoms with E-state index in [1.54, 1.807) is 18.5 Å². The molecule has 7 nitrogen and oxygen atoms in total. The molecule has 0 aliphatic carbocycles. The van der Waals surface area contributed by atoms with Crippen molar-refractivity contribution in [1.29, 1.82) is 0 Å². The van der Waals surface area contributed by atoms with E-state index in [-0.39, 0.29) is 5.02 Å². The predicted octanol–water partition coefficient (Wildman–Crippen LogP) is 1.28. The molecular formula is C14H15ClF2N6O. The molecule has 1 saturated heterocycles. The smallest absolute Gasteiger partial charge is 0.287 e. The minimum absolute atomic E-state index is 0.0879. The van der Waals surface area contributed by atoms with Crippen molar-refractivity contribution in [3.63, 3.8) is 0 Å². The molecule has 0 amide bonds. The molecule has 24 heavy (non-hydrogen) atoms.